The fraction of sp³-hybridized carbons (Fsp3) is 0.250. The molecule has 0 aromatic heterocycles. The molecule has 0 bridgehead atoms. The average Bonchev–Trinajstić information content (AvgIpc) is 2.59. The van der Waals surface area contributed by atoms with Crippen LogP contribution in [-0.4, -0.2) is 35.8 Å². The maximum atomic E-state index is 12.2. The fourth-order valence-electron chi connectivity index (χ4n) is 1.91. The minimum Gasteiger partial charge on any atom is -0.497 e. The fourth-order valence-corrected chi connectivity index (χ4v) is 3.65. The lowest BCUT2D eigenvalue weighted by Crippen LogP contribution is -2.28. The number of hydrogen-bond donors (Lipinski definition) is 1. The molecule has 2 aromatic carbocycles. The summed E-state index contributed by atoms with van der Waals surface area (Å²) >= 11 is 3.27. The van der Waals surface area contributed by atoms with Gasteiger partial charge in [-0.3, -0.25) is 0 Å². The monoisotopic (exact) mass is 415 g/mol. The molecule has 0 aliphatic heterocycles. The van der Waals surface area contributed by atoms with Crippen LogP contribution in [0.4, 0.5) is 0 Å². The Hall–Kier alpha value is -1.77. The van der Waals surface area contributed by atoms with Crippen LogP contribution in [0, 0.1) is 0 Å². The third-order valence-electron chi connectivity index (χ3n) is 3.16. The quantitative estimate of drug-likeness (QED) is 0.670. The van der Waals surface area contributed by atoms with Crippen LogP contribution in [0.2, 0.25) is 0 Å². The molecular weight excluding hydrogens is 398 g/mol. The summed E-state index contributed by atoms with van der Waals surface area (Å²) in [6.07, 6.45) is 0. The summed E-state index contributed by atoms with van der Waals surface area (Å²) in [4.78, 5) is 0.152. The Kier molecular flexibility index (Phi) is 6.47. The lowest BCUT2D eigenvalue weighted by Gasteiger charge is -2.10. The highest BCUT2D eigenvalue weighted by molar-refractivity contribution is 9.10. The largest absolute Gasteiger partial charge is 0.497 e. The Labute approximate surface area is 149 Å². The van der Waals surface area contributed by atoms with E-state index in [1.54, 1.807) is 37.4 Å². The number of rotatable bonds is 8. The number of benzene rings is 2. The Balaban J connectivity index is 1.89. The van der Waals surface area contributed by atoms with Gasteiger partial charge < -0.3 is 14.2 Å². The van der Waals surface area contributed by atoms with Crippen molar-refractivity contribution in [3.8, 4) is 17.2 Å². The van der Waals surface area contributed by atoms with Crippen LogP contribution in [0.3, 0.4) is 0 Å². The van der Waals surface area contributed by atoms with E-state index in [1.165, 1.54) is 19.2 Å². The molecule has 24 heavy (non-hydrogen) atoms. The van der Waals surface area contributed by atoms with Crippen molar-refractivity contribution >= 4 is 26.0 Å². The molecule has 130 valence electrons. The second kappa shape index (κ2) is 8.36. The second-order valence-electron chi connectivity index (χ2n) is 4.72. The molecule has 1 N–H and O–H groups in total. The van der Waals surface area contributed by atoms with Crippen LogP contribution in [0.5, 0.6) is 17.2 Å². The zero-order valence-electron chi connectivity index (χ0n) is 13.3. The minimum absolute atomic E-state index is 0.151. The smallest absolute Gasteiger partial charge is 0.240 e. The van der Waals surface area contributed by atoms with Crippen molar-refractivity contribution in [3.63, 3.8) is 0 Å². The zero-order chi connectivity index (χ0) is 17.6. The van der Waals surface area contributed by atoms with Gasteiger partial charge in [-0.05, 0) is 58.4 Å². The van der Waals surface area contributed by atoms with E-state index in [9.17, 15) is 8.42 Å². The van der Waals surface area contributed by atoms with Crippen LogP contribution in [0.25, 0.3) is 0 Å². The lowest BCUT2D eigenvalue weighted by atomic mass is 10.3. The maximum Gasteiger partial charge on any atom is 0.240 e. The summed E-state index contributed by atoms with van der Waals surface area (Å²) in [7, 11) is -0.506. The van der Waals surface area contributed by atoms with E-state index in [4.69, 9.17) is 14.2 Å². The van der Waals surface area contributed by atoms with E-state index >= 15 is 0 Å². The van der Waals surface area contributed by atoms with E-state index in [-0.39, 0.29) is 18.0 Å². The molecule has 0 unspecified atom stereocenters. The Bertz CT molecular complexity index is 778. The average molecular weight is 416 g/mol. The lowest BCUT2D eigenvalue weighted by molar-refractivity contribution is 0.322. The van der Waals surface area contributed by atoms with Crippen LogP contribution in [-0.2, 0) is 10.0 Å². The van der Waals surface area contributed by atoms with Gasteiger partial charge in [-0.1, -0.05) is 0 Å². The van der Waals surface area contributed by atoms with Gasteiger partial charge in [0.15, 0.2) is 0 Å². The van der Waals surface area contributed by atoms with E-state index in [0.717, 1.165) is 5.75 Å². The van der Waals surface area contributed by atoms with Crippen LogP contribution >= 0.6 is 15.9 Å². The molecule has 8 heteroatoms. The van der Waals surface area contributed by atoms with Crippen molar-refractivity contribution in [2.45, 2.75) is 4.90 Å². The molecule has 0 aliphatic carbocycles. The number of hydrogen-bond acceptors (Lipinski definition) is 5. The van der Waals surface area contributed by atoms with Gasteiger partial charge in [-0.2, -0.15) is 0 Å². The van der Waals surface area contributed by atoms with Gasteiger partial charge in [0.25, 0.3) is 0 Å². The van der Waals surface area contributed by atoms with Crippen molar-refractivity contribution < 1.29 is 22.6 Å². The summed E-state index contributed by atoms with van der Waals surface area (Å²) in [5.41, 5.74) is 0. The number of sulfonamides is 1. The standard InChI is InChI=1S/C16H18BrNO5S/c1-21-12-3-5-13(6-4-12)23-10-9-18-24(19,20)14-7-8-16(22-2)15(17)11-14/h3-8,11,18H,9-10H2,1-2H3. The summed E-state index contributed by atoms with van der Waals surface area (Å²) in [5, 5.41) is 0. The van der Waals surface area contributed by atoms with Gasteiger partial charge in [0.2, 0.25) is 10.0 Å². The first-order chi connectivity index (χ1) is 11.5. The van der Waals surface area contributed by atoms with E-state index in [0.29, 0.717) is 16.0 Å². The van der Waals surface area contributed by atoms with Crippen LogP contribution in [0.15, 0.2) is 51.8 Å². The normalized spacial score (nSPS) is 11.1. The minimum atomic E-state index is -3.61. The highest BCUT2D eigenvalue weighted by Crippen LogP contribution is 2.27. The molecule has 2 rings (SSSR count). The predicted molar refractivity (Wildman–Crippen MR) is 94.4 cm³/mol. The number of halogens is 1. The van der Waals surface area contributed by atoms with Gasteiger partial charge in [-0.25, -0.2) is 13.1 Å². The topological polar surface area (TPSA) is 73.9 Å². The Morgan fingerprint density at radius 3 is 2.25 bits per heavy atom. The Morgan fingerprint density at radius 1 is 1.00 bits per heavy atom. The molecule has 0 fully saturated rings. The van der Waals surface area contributed by atoms with Crippen molar-refractivity contribution in [2.24, 2.45) is 0 Å². The Morgan fingerprint density at radius 2 is 1.67 bits per heavy atom. The SMILES string of the molecule is COc1ccc(OCCNS(=O)(=O)c2ccc(OC)c(Br)c2)cc1. The first kappa shape index (κ1) is 18.6. The zero-order valence-corrected chi connectivity index (χ0v) is 15.7. The molecule has 6 nitrogen and oxygen atoms in total. The molecule has 0 radical (unpaired) electrons. The molecule has 0 heterocycles. The molecule has 0 amide bonds. The van der Waals surface area contributed by atoms with E-state index < -0.39 is 10.0 Å². The first-order valence-electron chi connectivity index (χ1n) is 7.06. The van der Waals surface area contributed by atoms with Crippen molar-refractivity contribution in [1.82, 2.24) is 4.72 Å². The van der Waals surface area contributed by atoms with Gasteiger partial charge >= 0.3 is 0 Å². The van der Waals surface area contributed by atoms with Gasteiger partial charge in [0.1, 0.15) is 23.9 Å². The van der Waals surface area contributed by atoms with Gasteiger partial charge in [0, 0.05) is 6.54 Å². The highest BCUT2D eigenvalue weighted by atomic mass is 79.9. The molecule has 0 atom stereocenters. The van der Waals surface area contributed by atoms with Crippen LogP contribution < -0.4 is 18.9 Å². The molecule has 0 aliphatic rings. The highest BCUT2D eigenvalue weighted by Gasteiger charge is 2.15. The van der Waals surface area contributed by atoms with Crippen molar-refractivity contribution in [1.29, 1.82) is 0 Å². The maximum absolute atomic E-state index is 12.2. The molecule has 2 aromatic rings. The summed E-state index contributed by atoms with van der Waals surface area (Å²) < 4.78 is 43.2. The summed E-state index contributed by atoms with van der Waals surface area (Å²) in [5.74, 6) is 1.94. The van der Waals surface area contributed by atoms with Gasteiger partial charge in [-0.15, -0.1) is 0 Å². The third kappa shape index (κ3) is 4.86. The number of nitrogens with one attached hydrogen (secondary N) is 1. The van der Waals surface area contributed by atoms with E-state index in [2.05, 4.69) is 20.7 Å². The van der Waals surface area contributed by atoms with E-state index in [1.807, 2.05) is 0 Å². The van der Waals surface area contributed by atoms with Crippen molar-refractivity contribution in [2.75, 3.05) is 27.4 Å². The molecule has 0 saturated heterocycles. The van der Waals surface area contributed by atoms with Crippen molar-refractivity contribution in [3.05, 3.63) is 46.9 Å². The molecular formula is C16H18BrNO5S. The summed E-state index contributed by atoms with van der Waals surface area (Å²) in [6.45, 7) is 0.362. The van der Waals surface area contributed by atoms with Crippen LogP contribution in [0.1, 0.15) is 0 Å². The number of ether oxygens (including phenoxy) is 3. The van der Waals surface area contributed by atoms with Gasteiger partial charge in [0.05, 0.1) is 23.6 Å². The third-order valence-corrected chi connectivity index (χ3v) is 5.23. The molecule has 0 saturated carbocycles. The molecule has 0 spiro atoms. The first-order valence-corrected chi connectivity index (χ1v) is 9.34. The predicted octanol–water partition coefficient (Wildman–Crippen LogP) is 2.82. The number of methoxy groups -OCH3 is 2. The second-order valence-corrected chi connectivity index (χ2v) is 7.34. The summed E-state index contributed by atoms with van der Waals surface area (Å²) in [6, 6.07) is 11.6.